The van der Waals surface area contributed by atoms with E-state index in [1.54, 1.807) is 11.8 Å². The lowest BCUT2D eigenvalue weighted by Gasteiger charge is -2.10. The van der Waals surface area contributed by atoms with Crippen molar-refractivity contribution >= 4 is 17.6 Å². The molecule has 0 aliphatic rings. The molecule has 5 nitrogen and oxygen atoms in total. The van der Waals surface area contributed by atoms with Gasteiger partial charge in [0.05, 0.1) is 5.56 Å². The minimum Gasteiger partial charge on any atom is -0.439 e. The van der Waals surface area contributed by atoms with Gasteiger partial charge in [0.1, 0.15) is 17.9 Å². The Kier molecular flexibility index (Phi) is 4.01. The Balaban J connectivity index is 2.22. The van der Waals surface area contributed by atoms with Gasteiger partial charge in [0, 0.05) is 4.90 Å². The fourth-order valence-electron chi connectivity index (χ4n) is 1.44. The number of nitrogens with two attached hydrogens (primary N) is 1. The molecule has 0 amide bonds. The SMILES string of the molecule is CSc1ccc(Oc2ncnc(NN)c2C)cc1. The molecule has 0 atom stereocenters. The third-order valence-corrected chi connectivity index (χ3v) is 3.19. The molecule has 0 radical (unpaired) electrons. The zero-order valence-electron chi connectivity index (χ0n) is 10.2. The van der Waals surface area contributed by atoms with Crippen LogP contribution < -0.4 is 16.0 Å². The van der Waals surface area contributed by atoms with Crippen LogP contribution in [0.25, 0.3) is 0 Å². The van der Waals surface area contributed by atoms with Crippen molar-refractivity contribution in [1.82, 2.24) is 9.97 Å². The van der Waals surface area contributed by atoms with Crippen molar-refractivity contribution < 1.29 is 4.74 Å². The number of thioether (sulfide) groups is 1. The number of benzene rings is 1. The Morgan fingerprint density at radius 3 is 2.56 bits per heavy atom. The average molecular weight is 262 g/mol. The Hall–Kier alpha value is -1.79. The number of hydrazine groups is 1. The molecule has 0 bridgehead atoms. The lowest BCUT2D eigenvalue weighted by molar-refractivity contribution is 0.457. The standard InChI is InChI=1S/C12H14N4OS/c1-8-11(16-13)14-7-15-12(8)17-9-3-5-10(18-2)6-4-9/h3-7H,13H2,1-2H3,(H,14,15,16). The molecule has 0 aliphatic heterocycles. The summed E-state index contributed by atoms with van der Waals surface area (Å²) in [6, 6.07) is 7.81. The van der Waals surface area contributed by atoms with E-state index in [-0.39, 0.29) is 0 Å². The molecule has 0 saturated carbocycles. The number of hydrogen-bond donors (Lipinski definition) is 2. The van der Waals surface area contributed by atoms with Gasteiger partial charge in [0.15, 0.2) is 0 Å². The molecule has 94 valence electrons. The van der Waals surface area contributed by atoms with Gasteiger partial charge in [-0.2, -0.15) is 0 Å². The Bertz CT molecular complexity index is 530. The monoisotopic (exact) mass is 262 g/mol. The van der Waals surface area contributed by atoms with Crippen molar-refractivity contribution in [2.24, 2.45) is 5.84 Å². The summed E-state index contributed by atoms with van der Waals surface area (Å²) in [5, 5.41) is 0. The summed E-state index contributed by atoms with van der Waals surface area (Å²) in [7, 11) is 0. The summed E-state index contributed by atoms with van der Waals surface area (Å²) in [4.78, 5) is 9.27. The molecule has 0 unspecified atom stereocenters. The highest BCUT2D eigenvalue weighted by Gasteiger charge is 2.08. The molecule has 18 heavy (non-hydrogen) atoms. The highest BCUT2D eigenvalue weighted by atomic mass is 32.2. The van der Waals surface area contributed by atoms with Crippen LogP contribution in [0.3, 0.4) is 0 Å². The molecular weight excluding hydrogens is 248 g/mol. The zero-order chi connectivity index (χ0) is 13.0. The van der Waals surface area contributed by atoms with Crippen LogP contribution in [0.5, 0.6) is 11.6 Å². The highest BCUT2D eigenvalue weighted by Crippen LogP contribution is 2.27. The van der Waals surface area contributed by atoms with Gasteiger partial charge in [-0.15, -0.1) is 11.8 Å². The van der Waals surface area contributed by atoms with Gasteiger partial charge in [-0.05, 0) is 37.4 Å². The van der Waals surface area contributed by atoms with Crippen LogP contribution in [-0.2, 0) is 0 Å². The van der Waals surface area contributed by atoms with Crippen LogP contribution in [0.1, 0.15) is 5.56 Å². The predicted octanol–water partition coefficient (Wildman–Crippen LogP) is 2.58. The van der Waals surface area contributed by atoms with E-state index in [0.717, 1.165) is 11.3 Å². The van der Waals surface area contributed by atoms with Gasteiger partial charge < -0.3 is 10.2 Å². The van der Waals surface area contributed by atoms with E-state index in [4.69, 9.17) is 10.6 Å². The maximum absolute atomic E-state index is 5.70. The summed E-state index contributed by atoms with van der Waals surface area (Å²) in [6.07, 6.45) is 3.44. The van der Waals surface area contributed by atoms with Crippen molar-refractivity contribution in [2.75, 3.05) is 11.7 Å². The molecule has 6 heteroatoms. The summed E-state index contributed by atoms with van der Waals surface area (Å²) in [5.41, 5.74) is 3.28. The largest absolute Gasteiger partial charge is 0.439 e. The molecule has 1 aromatic carbocycles. The summed E-state index contributed by atoms with van der Waals surface area (Å²) >= 11 is 1.69. The first-order valence-corrected chi connectivity index (χ1v) is 6.57. The van der Waals surface area contributed by atoms with E-state index in [1.807, 2.05) is 37.4 Å². The maximum atomic E-state index is 5.70. The van der Waals surface area contributed by atoms with Crippen LogP contribution in [0.2, 0.25) is 0 Å². The number of hydrogen-bond acceptors (Lipinski definition) is 6. The van der Waals surface area contributed by atoms with Gasteiger partial charge in [0.25, 0.3) is 0 Å². The summed E-state index contributed by atoms with van der Waals surface area (Å²) in [5.74, 6) is 7.14. The van der Waals surface area contributed by atoms with Gasteiger partial charge in [-0.1, -0.05) is 0 Å². The number of nitrogens with zero attached hydrogens (tertiary/aromatic N) is 2. The lowest BCUT2D eigenvalue weighted by Crippen LogP contribution is -2.10. The van der Waals surface area contributed by atoms with E-state index in [0.29, 0.717) is 11.7 Å². The molecule has 1 aromatic heterocycles. The zero-order valence-corrected chi connectivity index (χ0v) is 11.0. The van der Waals surface area contributed by atoms with Crippen molar-refractivity contribution in [1.29, 1.82) is 0 Å². The number of nitrogen functional groups attached to an aromatic ring is 1. The van der Waals surface area contributed by atoms with E-state index >= 15 is 0 Å². The second-order valence-corrected chi connectivity index (χ2v) is 4.45. The second kappa shape index (κ2) is 5.70. The minimum atomic E-state index is 0.495. The quantitative estimate of drug-likeness (QED) is 0.501. The Morgan fingerprint density at radius 2 is 1.94 bits per heavy atom. The molecule has 2 rings (SSSR count). The fourth-order valence-corrected chi connectivity index (χ4v) is 1.85. The smallest absolute Gasteiger partial charge is 0.227 e. The third-order valence-electron chi connectivity index (χ3n) is 2.45. The van der Waals surface area contributed by atoms with Gasteiger partial charge in [-0.25, -0.2) is 15.8 Å². The van der Waals surface area contributed by atoms with Crippen molar-refractivity contribution in [3.63, 3.8) is 0 Å². The molecular formula is C12H14N4OS. The van der Waals surface area contributed by atoms with Crippen molar-refractivity contribution in [3.8, 4) is 11.6 Å². The predicted molar refractivity (Wildman–Crippen MR) is 72.9 cm³/mol. The number of nitrogens with one attached hydrogen (secondary N) is 1. The van der Waals surface area contributed by atoms with Crippen LogP contribution in [0.4, 0.5) is 5.82 Å². The van der Waals surface area contributed by atoms with Crippen LogP contribution in [-0.4, -0.2) is 16.2 Å². The van der Waals surface area contributed by atoms with Crippen molar-refractivity contribution in [2.45, 2.75) is 11.8 Å². The number of ether oxygens (including phenoxy) is 1. The lowest BCUT2D eigenvalue weighted by atomic mass is 10.3. The summed E-state index contributed by atoms with van der Waals surface area (Å²) in [6.45, 7) is 1.85. The van der Waals surface area contributed by atoms with Crippen LogP contribution in [0.15, 0.2) is 35.5 Å². The third kappa shape index (κ3) is 2.72. The van der Waals surface area contributed by atoms with E-state index < -0.39 is 0 Å². The Labute approximate surface area is 110 Å². The highest BCUT2D eigenvalue weighted by molar-refractivity contribution is 7.98. The molecule has 2 aromatic rings. The van der Waals surface area contributed by atoms with E-state index in [2.05, 4.69) is 15.4 Å². The second-order valence-electron chi connectivity index (χ2n) is 3.57. The molecule has 0 spiro atoms. The van der Waals surface area contributed by atoms with Crippen LogP contribution in [0, 0.1) is 6.92 Å². The van der Waals surface area contributed by atoms with Gasteiger partial charge in [-0.3, -0.25) is 0 Å². The average Bonchev–Trinajstić information content (AvgIpc) is 2.42. The maximum Gasteiger partial charge on any atom is 0.227 e. The van der Waals surface area contributed by atoms with Crippen LogP contribution >= 0.6 is 11.8 Å². The van der Waals surface area contributed by atoms with E-state index in [1.165, 1.54) is 11.2 Å². The first kappa shape index (κ1) is 12.7. The number of anilines is 1. The molecule has 0 aliphatic carbocycles. The number of rotatable bonds is 4. The molecule has 3 N–H and O–H groups in total. The molecule has 1 heterocycles. The van der Waals surface area contributed by atoms with E-state index in [9.17, 15) is 0 Å². The molecule has 0 fully saturated rings. The van der Waals surface area contributed by atoms with Gasteiger partial charge in [0.2, 0.25) is 5.88 Å². The van der Waals surface area contributed by atoms with Gasteiger partial charge >= 0.3 is 0 Å². The Morgan fingerprint density at radius 1 is 1.22 bits per heavy atom. The first-order valence-electron chi connectivity index (χ1n) is 5.34. The molecule has 0 saturated heterocycles. The summed E-state index contributed by atoms with van der Waals surface area (Å²) < 4.78 is 5.70. The normalized spacial score (nSPS) is 10.2. The number of aromatic nitrogens is 2. The van der Waals surface area contributed by atoms with Crippen molar-refractivity contribution in [3.05, 3.63) is 36.2 Å². The minimum absolute atomic E-state index is 0.495. The first-order chi connectivity index (χ1) is 8.74. The topological polar surface area (TPSA) is 73.1 Å². The fraction of sp³-hybridized carbons (Fsp3) is 0.167.